The quantitative estimate of drug-likeness (QED) is 0.510. The molecule has 0 fully saturated rings. The highest BCUT2D eigenvalue weighted by atomic mass is 16.5. The van der Waals surface area contributed by atoms with E-state index in [2.05, 4.69) is 12.2 Å². The van der Waals surface area contributed by atoms with Crippen LogP contribution >= 0.6 is 0 Å². The van der Waals surface area contributed by atoms with Crippen LogP contribution in [-0.4, -0.2) is 18.2 Å². The summed E-state index contributed by atoms with van der Waals surface area (Å²) >= 11 is 0. The minimum atomic E-state index is -0.200. The highest BCUT2D eigenvalue weighted by Crippen LogP contribution is 2.12. The first-order chi connectivity index (χ1) is 5.99. The van der Waals surface area contributed by atoms with Crippen molar-refractivity contribution in [1.82, 2.24) is 5.32 Å². The maximum Gasteiger partial charge on any atom is 0.209 e. The van der Waals surface area contributed by atoms with Crippen LogP contribution in [0, 0.1) is 0 Å². The third-order valence-corrected chi connectivity index (χ3v) is 1.57. The Morgan fingerprint density at radius 2 is 2.08 bits per heavy atom. The summed E-state index contributed by atoms with van der Waals surface area (Å²) in [5.74, 6) is 0. The monoisotopic (exact) mass is 187 g/mol. The zero-order chi connectivity index (χ0) is 10.3. The van der Waals surface area contributed by atoms with Crippen LogP contribution in [0.5, 0.6) is 0 Å². The molecule has 1 unspecified atom stereocenters. The van der Waals surface area contributed by atoms with Gasteiger partial charge in [0.15, 0.2) is 0 Å². The van der Waals surface area contributed by atoms with Crippen LogP contribution in [0.1, 0.15) is 47.0 Å². The van der Waals surface area contributed by atoms with Crippen molar-refractivity contribution in [1.29, 1.82) is 0 Å². The number of hydrogen-bond donors (Lipinski definition) is 1. The van der Waals surface area contributed by atoms with Gasteiger partial charge in [0, 0.05) is 0 Å². The number of nitrogens with one attached hydrogen (secondary N) is 1. The molecule has 0 saturated heterocycles. The van der Waals surface area contributed by atoms with E-state index in [0.29, 0.717) is 6.41 Å². The number of carbonyl (C=O) groups is 1. The van der Waals surface area contributed by atoms with Gasteiger partial charge in [-0.05, 0) is 33.6 Å². The summed E-state index contributed by atoms with van der Waals surface area (Å²) in [5, 5.41) is 2.67. The smallest absolute Gasteiger partial charge is 0.209 e. The predicted octanol–water partition coefficient (Wildman–Crippen LogP) is 2.06. The molecular weight excluding hydrogens is 166 g/mol. The van der Waals surface area contributed by atoms with Gasteiger partial charge >= 0.3 is 0 Å². The highest BCUT2D eigenvalue weighted by Gasteiger charge is 2.17. The standard InChI is InChI=1S/C10H21NO2/c1-5-6-7-9(11-8-12)13-10(2,3)4/h8-9H,5-7H2,1-4H3,(H,11,12). The Bertz CT molecular complexity index is 140. The van der Waals surface area contributed by atoms with Crippen molar-refractivity contribution < 1.29 is 9.53 Å². The molecule has 0 aromatic carbocycles. The normalized spacial score (nSPS) is 13.8. The van der Waals surface area contributed by atoms with Gasteiger partial charge in [-0.15, -0.1) is 0 Å². The Labute approximate surface area is 80.8 Å². The molecule has 0 heterocycles. The first-order valence-electron chi connectivity index (χ1n) is 4.87. The minimum absolute atomic E-state index is 0.141. The topological polar surface area (TPSA) is 38.3 Å². The lowest BCUT2D eigenvalue weighted by molar-refractivity contribution is -0.120. The predicted molar refractivity (Wildman–Crippen MR) is 53.4 cm³/mol. The minimum Gasteiger partial charge on any atom is -0.353 e. The summed E-state index contributed by atoms with van der Waals surface area (Å²) in [7, 11) is 0. The van der Waals surface area contributed by atoms with Crippen LogP contribution in [0.4, 0.5) is 0 Å². The fourth-order valence-electron chi connectivity index (χ4n) is 1.07. The van der Waals surface area contributed by atoms with Gasteiger partial charge in [0.25, 0.3) is 0 Å². The van der Waals surface area contributed by atoms with Gasteiger partial charge in [0.2, 0.25) is 6.41 Å². The maximum atomic E-state index is 10.3. The molecule has 0 aromatic heterocycles. The van der Waals surface area contributed by atoms with Crippen LogP contribution in [0.25, 0.3) is 0 Å². The fraction of sp³-hybridized carbons (Fsp3) is 0.900. The van der Waals surface area contributed by atoms with Gasteiger partial charge in [0.05, 0.1) is 5.60 Å². The van der Waals surface area contributed by atoms with Crippen molar-refractivity contribution >= 4 is 6.41 Å². The summed E-state index contributed by atoms with van der Waals surface area (Å²) in [5.41, 5.74) is -0.200. The summed E-state index contributed by atoms with van der Waals surface area (Å²) in [6, 6.07) is 0. The molecule has 0 spiro atoms. The van der Waals surface area contributed by atoms with E-state index in [1.54, 1.807) is 0 Å². The Kier molecular flexibility index (Phi) is 5.71. The molecule has 0 aromatic rings. The number of carbonyl (C=O) groups excluding carboxylic acids is 1. The third-order valence-electron chi connectivity index (χ3n) is 1.57. The van der Waals surface area contributed by atoms with Crippen LogP contribution < -0.4 is 5.32 Å². The zero-order valence-corrected chi connectivity index (χ0v) is 9.09. The molecular formula is C10H21NO2. The Morgan fingerprint density at radius 3 is 2.46 bits per heavy atom. The Hall–Kier alpha value is -0.570. The van der Waals surface area contributed by atoms with E-state index in [1.165, 1.54) is 0 Å². The van der Waals surface area contributed by atoms with Crippen molar-refractivity contribution in [3.8, 4) is 0 Å². The van der Waals surface area contributed by atoms with Crippen molar-refractivity contribution in [2.75, 3.05) is 0 Å². The van der Waals surface area contributed by atoms with Gasteiger partial charge < -0.3 is 10.1 Å². The Morgan fingerprint density at radius 1 is 1.46 bits per heavy atom. The average molecular weight is 187 g/mol. The molecule has 0 aliphatic heterocycles. The largest absolute Gasteiger partial charge is 0.353 e. The number of amides is 1. The molecule has 1 N–H and O–H groups in total. The van der Waals surface area contributed by atoms with E-state index >= 15 is 0 Å². The number of rotatable bonds is 6. The molecule has 13 heavy (non-hydrogen) atoms. The SMILES string of the molecule is CCCCC(NC=O)OC(C)(C)C. The number of unbranched alkanes of at least 4 members (excludes halogenated alkanes) is 1. The van der Waals surface area contributed by atoms with Crippen LogP contribution in [0.3, 0.4) is 0 Å². The second-order valence-electron chi connectivity index (χ2n) is 4.15. The van der Waals surface area contributed by atoms with Crippen LogP contribution in [0.2, 0.25) is 0 Å². The molecule has 3 heteroatoms. The maximum absolute atomic E-state index is 10.3. The van der Waals surface area contributed by atoms with Crippen molar-refractivity contribution in [2.24, 2.45) is 0 Å². The lowest BCUT2D eigenvalue weighted by atomic mass is 10.1. The van der Waals surface area contributed by atoms with Crippen LogP contribution in [0.15, 0.2) is 0 Å². The molecule has 0 aliphatic rings. The van der Waals surface area contributed by atoms with Crippen molar-refractivity contribution in [3.63, 3.8) is 0 Å². The van der Waals surface area contributed by atoms with Gasteiger partial charge in [-0.2, -0.15) is 0 Å². The van der Waals surface area contributed by atoms with E-state index in [0.717, 1.165) is 19.3 Å². The van der Waals surface area contributed by atoms with Gasteiger partial charge in [-0.1, -0.05) is 13.3 Å². The molecule has 0 rings (SSSR count). The van der Waals surface area contributed by atoms with Crippen molar-refractivity contribution in [3.05, 3.63) is 0 Å². The molecule has 78 valence electrons. The van der Waals surface area contributed by atoms with E-state index in [1.807, 2.05) is 20.8 Å². The van der Waals surface area contributed by atoms with Gasteiger partial charge in [-0.25, -0.2) is 0 Å². The summed E-state index contributed by atoms with van der Waals surface area (Å²) < 4.78 is 5.64. The highest BCUT2D eigenvalue weighted by molar-refractivity contribution is 5.46. The second-order valence-corrected chi connectivity index (χ2v) is 4.15. The number of ether oxygens (including phenoxy) is 1. The first-order valence-corrected chi connectivity index (χ1v) is 4.87. The second kappa shape index (κ2) is 5.97. The van der Waals surface area contributed by atoms with E-state index in [4.69, 9.17) is 4.74 Å². The van der Waals surface area contributed by atoms with E-state index in [9.17, 15) is 4.79 Å². The lowest BCUT2D eigenvalue weighted by Crippen LogP contribution is -2.37. The van der Waals surface area contributed by atoms with E-state index < -0.39 is 0 Å². The number of hydrogen-bond acceptors (Lipinski definition) is 2. The average Bonchev–Trinajstić information content (AvgIpc) is 1.98. The zero-order valence-electron chi connectivity index (χ0n) is 9.09. The Balaban J connectivity index is 3.86. The van der Waals surface area contributed by atoms with Gasteiger partial charge in [-0.3, -0.25) is 4.79 Å². The molecule has 1 atom stereocenters. The fourth-order valence-corrected chi connectivity index (χ4v) is 1.07. The molecule has 0 aliphatic carbocycles. The molecule has 0 radical (unpaired) electrons. The first kappa shape index (κ1) is 12.4. The summed E-state index contributed by atoms with van der Waals surface area (Å²) in [6.07, 6.45) is 3.63. The van der Waals surface area contributed by atoms with E-state index in [-0.39, 0.29) is 11.8 Å². The molecule has 0 saturated carbocycles. The lowest BCUT2D eigenvalue weighted by Gasteiger charge is -2.26. The molecule has 0 bridgehead atoms. The third kappa shape index (κ3) is 7.78. The summed E-state index contributed by atoms with van der Waals surface area (Å²) in [4.78, 5) is 10.3. The van der Waals surface area contributed by atoms with Crippen LogP contribution in [-0.2, 0) is 9.53 Å². The summed E-state index contributed by atoms with van der Waals surface area (Å²) in [6.45, 7) is 8.07. The molecule has 1 amide bonds. The van der Waals surface area contributed by atoms with Gasteiger partial charge in [0.1, 0.15) is 6.23 Å². The van der Waals surface area contributed by atoms with Crippen molar-refractivity contribution in [2.45, 2.75) is 58.8 Å². The molecule has 3 nitrogen and oxygen atoms in total.